The number of carbonyl (C=O) groups is 2. The monoisotopic (exact) mass is 346 g/mol. The summed E-state index contributed by atoms with van der Waals surface area (Å²) in [7, 11) is 1.83. The molecule has 0 saturated heterocycles. The summed E-state index contributed by atoms with van der Waals surface area (Å²) in [6, 6.07) is 8.77. The van der Waals surface area contributed by atoms with Gasteiger partial charge in [0.05, 0.1) is 12.1 Å². The standard InChI is InChI=1S/C19H23ClN2O2/c1-5-22(6-2)17(23)12-16-11-13(3)18(21(16)4)19(24)14-7-9-15(20)10-8-14/h7-11H,5-6,12H2,1-4H3. The Labute approximate surface area is 148 Å². The molecule has 4 nitrogen and oxygen atoms in total. The molecule has 0 aliphatic carbocycles. The summed E-state index contributed by atoms with van der Waals surface area (Å²) >= 11 is 5.88. The number of hydrogen-bond donors (Lipinski definition) is 0. The quantitative estimate of drug-likeness (QED) is 0.749. The molecule has 1 amide bonds. The molecule has 1 aromatic carbocycles. The molecule has 0 radical (unpaired) electrons. The number of aryl methyl sites for hydroxylation is 1. The predicted molar refractivity (Wildman–Crippen MR) is 96.7 cm³/mol. The van der Waals surface area contributed by atoms with Crippen molar-refractivity contribution in [3.05, 3.63) is 57.9 Å². The molecule has 5 heteroatoms. The second kappa shape index (κ2) is 7.67. The molecule has 24 heavy (non-hydrogen) atoms. The zero-order chi connectivity index (χ0) is 17.9. The maximum absolute atomic E-state index is 12.8. The molecule has 0 unspecified atom stereocenters. The lowest BCUT2D eigenvalue weighted by molar-refractivity contribution is -0.130. The van der Waals surface area contributed by atoms with Gasteiger partial charge >= 0.3 is 0 Å². The van der Waals surface area contributed by atoms with E-state index in [9.17, 15) is 9.59 Å². The third-order valence-corrected chi connectivity index (χ3v) is 4.54. The molecule has 1 heterocycles. The van der Waals surface area contributed by atoms with Gasteiger partial charge in [0, 0.05) is 36.4 Å². The van der Waals surface area contributed by atoms with E-state index in [-0.39, 0.29) is 11.7 Å². The summed E-state index contributed by atoms with van der Waals surface area (Å²) in [4.78, 5) is 26.9. The van der Waals surface area contributed by atoms with Crippen LogP contribution in [0.2, 0.25) is 5.02 Å². The Morgan fingerprint density at radius 1 is 1.12 bits per heavy atom. The Hall–Kier alpha value is -2.07. The fraction of sp³-hybridized carbons (Fsp3) is 0.368. The van der Waals surface area contributed by atoms with Crippen LogP contribution in [-0.4, -0.2) is 34.2 Å². The van der Waals surface area contributed by atoms with E-state index < -0.39 is 0 Å². The van der Waals surface area contributed by atoms with E-state index in [0.29, 0.717) is 35.8 Å². The van der Waals surface area contributed by atoms with Crippen molar-refractivity contribution in [2.45, 2.75) is 27.2 Å². The van der Waals surface area contributed by atoms with Crippen LogP contribution in [0.5, 0.6) is 0 Å². The van der Waals surface area contributed by atoms with E-state index in [0.717, 1.165) is 11.3 Å². The number of carbonyl (C=O) groups excluding carboxylic acids is 2. The third kappa shape index (κ3) is 3.70. The SMILES string of the molecule is CCN(CC)C(=O)Cc1cc(C)c(C(=O)c2ccc(Cl)cc2)n1C. The maximum atomic E-state index is 12.8. The van der Waals surface area contributed by atoms with Gasteiger partial charge in [0.15, 0.2) is 0 Å². The maximum Gasteiger partial charge on any atom is 0.228 e. The smallest absolute Gasteiger partial charge is 0.228 e. The molecule has 0 N–H and O–H groups in total. The number of benzene rings is 1. The first-order valence-electron chi connectivity index (χ1n) is 8.12. The van der Waals surface area contributed by atoms with Crippen molar-refractivity contribution in [1.82, 2.24) is 9.47 Å². The Bertz CT molecular complexity index is 743. The van der Waals surface area contributed by atoms with Gasteiger partial charge in [0.25, 0.3) is 0 Å². The summed E-state index contributed by atoms with van der Waals surface area (Å²) in [6.45, 7) is 7.21. The van der Waals surface area contributed by atoms with Crippen LogP contribution in [0.4, 0.5) is 0 Å². The number of nitrogens with zero attached hydrogens (tertiary/aromatic N) is 2. The van der Waals surface area contributed by atoms with E-state index >= 15 is 0 Å². The van der Waals surface area contributed by atoms with Gasteiger partial charge < -0.3 is 9.47 Å². The fourth-order valence-corrected chi connectivity index (χ4v) is 3.03. The first kappa shape index (κ1) is 18.3. The predicted octanol–water partition coefficient (Wildman–Crippen LogP) is 3.63. The van der Waals surface area contributed by atoms with Crippen LogP contribution < -0.4 is 0 Å². The fourth-order valence-electron chi connectivity index (χ4n) is 2.91. The van der Waals surface area contributed by atoms with E-state index in [1.807, 2.05) is 38.5 Å². The molecule has 128 valence electrons. The number of aromatic nitrogens is 1. The first-order valence-corrected chi connectivity index (χ1v) is 8.50. The van der Waals surface area contributed by atoms with Crippen molar-refractivity contribution in [2.75, 3.05) is 13.1 Å². The molecule has 2 rings (SSSR count). The summed E-state index contributed by atoms with van der Waals surface area (Å²) in [5.74, 6) is 0.0132. The lowest BCUT2D eigenvalue weighted by atomic mass is 10.1. The van der Waals surface area contributed by atoms with Crippen molar-refractivity contribution >= 4 is 23.3 Å². The minimum absolute atomic E-state index is 0.0618. The van der Waals surface area contributed by atoms with Crippen molar-refractivity contribution in [2.24, 2.45) is 7.05 Å². The van der Waals surface area contributed by atoms with Crippen LogP contribution in [0.1, 0.15) is 41.2 Å². The van der Waals surface area contributed by atoms with Crippen LogP contribution in [-0.2, 0) is 18.3 Å². The molecule has 0 aliphatic rings. The molecule has 2 aromatic rings. The summed E-state index contributed by atoms with van der Waals surface area (Å²) in [6.07, 6.45) is 0.299. The van der Waals surface area contributed by atoms with Gasteiger partial charge in [-0.05, 0) is 56.7 Å². The molecule has 0 fully saturated rings. The van der Waals surface area contributed by atoms with Crippen LogP contribution in [0.25, 0.3) is 0 Å². The van der Waals surface area contributed by atoms with Gasteiger partial charge in [0.1, 0.15) is 0 Å². The number of halogens is 1. The van der Waals surface area contributed by atoms with Crippen molar-refractivity contribution in [3.8, 4) is 0 Å². The normalized spacial score (nSPS) is 10.7. The summed E-state index contributed by atoms with van der Waals surface area (Å²) < 4.78 is 1.83. The molecular formula is C19H23ClN2O2. The van der Waals surface area contributed by atoms with E-state index in [2.05, 4.69) is 0 Å². The third-order valence-electron chi connectivity index (χ3n) is 4.29. The van der Waals surface area contributed by atoms with Crippen molar-refractivity contribution in [1.29, 1.82) is 0 Å². The Morgan fingerprint density at radius 3 is 2.25 bits per heavy atom. The largest absolute Gasteiger partial charge is 0.344 e. The molecule has 0 bridgehead atoms. The van der Waals surface area contributed by atoms with Crippen molar-refractivity contribution in [3.63, 3.8) is 0 Å². The highest BCUT2D eigenvalue weighted by Gasteiger charge is 2.20. The highest BCUT2D eigenvalue weighted by atomic mass is 35.5. The van der Waals surface area contributed by atoms with E-state index in [4.69, 9.17) is 11.6 Å². The van der Waals surface area contributed by atoms with Crippen LogP contribution in [0.15, 0.2) is 30.3 Å². The average molecular weight is 347 g/mol. The minimum Gasteiger partial charge on any atom is -0.344 e. The van der Waals surface area contributed by atoms with Crippen LogP contribution >= 0.6 is 11.6 Å². The number of likely N-dealkylation sites (N-methyl/N-ethyl adjacent to an activating group) is 1. The second-order valence-corrected chi connectivity index (χ2v) is 6.24. The summed E-state index contributed by atoms with van der Waals surface area (Å²) in [5.41, 5.74) is 2.92. The van der Waals surface area contributed by atoms with E-state index in [1.165, 1.54) is 0 Å². The number of amides is 1. The Balaban J connectivity index is 2.30. The minimum atomic E-state index is -0.0618. The lowest BCUT2D eigenvalue weighted by Gasteiger charge is -2.18. The average Bonchev–Trinajstić information content (AvgIpc) is 2.82. The highest BCUT2D eigenvalue weighted by Crippen LogP contribution is 2.20. The van der Waals surface area contributed by atoms with Crippen molar-refractivity contribution < 1.29 is 9.59 Å². The highest BCUT2D eigenvalue weighted by molar-refractivity contribution is 6.30. The molecule has 0 saturated carbocycles. The molecule has 0 atom stereocenters. The molecule has 1 aromatic heterocycles. The number of ketones is 1. The van der Waals surface area contributed by atoms with E-state index in [1.54, 1.807) is 29.2 Å². The Morgan fingerprint density at radius 2 is 1.71 bits per heavy atom. The lowest BCUT2D eigenvalue weighted by Crippen LogP contribution is -2.32. The van der Waals surface area contributed by atoms with Gasteiger partial charge in [-0.25, -0.2) is 0 Å². The summed E-state index contributed by atoms with van der Waals surface area (Å²) in [5, 5.41) is 0.598. The van der Waals surface area contributed by atoms with Crippen LogP contribution in [0, 0.1) is 6.92 Å². The number of rotatable bonds is 6. The molecule has 0 aliphatic heterocycles. The topological polar surface area (TPSA) is 42.3 Å². The first-order chi connectivity index (χ1) is 11.4. The van der Waals surface area contributed by atoms with Gasteiger partial charge in [0.2, 0.25) is 11.7 Å². The van der Waals surface area contributed by atoms with Gasteiger partial charge in [-0.15, -0.1) is 0 Å². The van der Waals surface area contributed by atoms with Gasteiger partial charge in [-0.1, -0.05) is 11.6 Å². The Kier molecular flexibility index (Phi) is 5.84. The zero-order valence-corrected chi connectivity index (χ0v) is 15.4. The zero-order valence-electron chi connectivity index (χ0n) is 14.6. The number of hydrogen-bond acceptors (Lipinski definition) is 2. The molecule has 0 spiro atoms. The second-order valence-electron chi connectivity index (χ2n) is 5.81. The van der Waals surface area contributed by atoms with Gasteiger partial charge in [-0.2, -0.15) is 0 Å². The van der Waals surface area contributed by atoms with Gasteiger partial charge in [-0.3, -0.25) is 9.59 Å². The van der Waals surface area contributed by atoms with Crippen LogP contribution in [0.3, 0.4) is 0 Å². The molecular weight excluding hydrogens is 324 g/mol.